The highest BCUT2D eigenvalue weighted by Gasteiger charge is 2.23. The third kappa shape index (κ3) is 5.17. The predicted molar refractivity (Wildman–Crippen MR) is 138 cm³/mol. The van der Waals surface area contributed by atoms with Crippen molar-refractivity contribution < 1.29 is 4.79 Å². The Balaban J connectivity index is 1.31. The maximum Gasteiger partial charge on any atom is 0.227 e. The number of carbonyl (C=O) groups excluding carboxylic acids is 1. The summed E-state index contributed by atoms with van der Waals surface area (Å²) in [6, 6.07) is 18.2. The number of aromatic nitrogens is 2. The van der Waals surface area contributed by atoms with Gasteiger partial charge in [0, 0.05) is 55.0 Å². The van der Waals surface area contributed by atoms with Crippen molar-refractivity contribution in [3.8, 4) is 17.2 Å². The van der Waals surface area contributed by atoms with Gasteiger partial charge in [0.25, 0.3) is 0 Å². The lowest BCUT2D eigenvalue weighted by molar-refractivity contribution is -0.131. The van der Waals surface area contributed by atoms with Gasteiger partial charge in [-0.3, -0.25) is 14.8 Å². The third-order valence-corrected chi connectivity index (χ3v) is 6.46. The zero-order valence-electron chi connectivity index (χ0n) is 19.3. The summed E-state index contributed by atoms with van der Waals surface area (Å²) in [6.07, 6.45) is 8.98. The fraction of sp³-hybridized carbons (Fsp3) is 0.214. The van der Waals surface area contributed by atoms with Gasteiger partial charge < -0.3 is 10.2 Å². The molecule has 170 valence electrons. The van der Waals surface area contributed by atoms with Crippen molar-refractivity contribution in [1.29, 1.82) is 5.26 Å². The number of nitriles is 1. The van der Waals surface area contributed by atoms with E-state index in [1.807, 2.05) is 41.4 Å². The molecule has 6 nitrogen and oxygen atoms in total. The van der Waals surface area contributed by atoms with Gasteiger partial charge in [-0.05, 0) is 65.3 Å². The number of benzene rings is 2. The molecule has 1 amide bonds. The molecule has 0 spiro atoms. The summed E-state index contributed by atoms with van der Waals surface area (Å²) in [7, 11) is 5.79. The fourth-order valence-electron chi connectivity index (χ4n) is 4.64. The average molecular weight is 457 g/mol. The second kappa shape index (κ2) is 9.98. The molecule has 1 N–H and O–H groups in total. The second-order valence-electron chi connectivity index (χ2n) is 8.92. The zero-order valence-corrected chi connectivity index (χ0v) is 19.3. The number of likely N-dealkylation sites (tertiary alicyclic amines) is 1. The van der Waals surface area contributed by atoms with E-state index in [-0.39, 0.29) is 11.9 Å². The molecule has 1 saturated heterocycles. The quantitative estimate of drug-likeness (QED) is 0.463. The van der Waals surface area contributed by atoms with Crippen molar-refractivity contribution >= 4 is 35.7 Å². The van der Waals surface area contributed by atoms with Crippen LogP contribution < -0.4 is 10.8 Å². The Kier molecular flexibility index (Phi) is 6.45. The van der Waals surface area contributed by atoms with E-state index in [2.05, 4.69) is 33.5 Å². The number of hydrogen-bond acceptors (Lipinski definition) is 5. The molecule has 0 aliphatic carbocycles. The number of anilines is 1. The highest BCUT2D eigenvalue weighted by Crippen LogP contribution is 2.32. The number of pyridine rings is 2. The molecule has 4 aromatic rings. The number of rotatable bonds is 5. The third-order valence-electron chi connectivity index (χ3n) is 6.46. The summed E-state index contributed by atoms with van der Waals surface area (Å²) in [5.41, 5.74) is 5.11. The van der Waals surface area contributed by atoms with E-state index < -0.39 is 0 Å². The largest absolute Gasteiger partial charge is 0.382 e. The Hall–Kier alpha value is -4.18. The SMILES string of the molecule is [B]c1cncc(CC(=O)N2CCC(Nc3cc(-c4cccc(C#N)c4)cc4ccncc34)CC2)c1. The van der Waals surface area contributed by atoms with Crippen molar-refractivity contribution in [2.45, 2.75) is 25.3 Å². The molecular weight excluding hydrogens is 433 g/mol. The number of nitrogens with zero attached hydrogens (tertiary/aromatic N) is 4. The molecule has 2 aromatic carbocycles. The molecule has 3 heterocycles. The molecule has 5 rings (SSSR count). The minimum atomic E-state index is 0.102. The van der Waals surface area contributed by atoms with Gasteiger partial charge in [0.1, 0.15) is 7.85 Å². The average Bonchev–Trinajstić information content (AvgIpc) is 2.89. The van der Waals surface area contributed by atoms with Gasteiger partial charge in [0.05, 0.1) is 18.1 Å². The maximum atomic E-state index is 12.8. The Morgan fingerprint density at radius 1 is 1.06 bits per heavy atom. The van der Waals surface area contributed by atoms with Gasteiger partial charge in [0.2, 0.25) is 5.91 Å². The normalized spacial score (nSPS) is 14.0. The van der Waals surface area contributed by atoms with Crippen LogP contribution in [-0.2, 0) is 11.2 Å². The van der Waals surface area contributed by atoms with Crippen LogP contribution in [0.5, 0.6) is 0 Å². The van der Waals surface area contributed by atoms with Crippen molar-refractivity contribution in [2.75, 3.05) is 18.4 Å². The molecule has 35 heavy (non-hydrogen) atoms. The number of hydrogen-bond donors (Lipinski definition) is 1. The first-order valence-corrected chi connectivity index (χ1v) is 11.7. The van der Waals surface area contributed by atoms with Crippen molar-refractivity contribution in [3.63, 3.8) is 0 Å². The van der Waals surface area contributed by atoms with E-state index in [1.54, 1.807) is 24.7 Å². The first kappa shape index (κ1) is 22.6. The zero-order chi connectivity index (χ0) is 24.2. The maximum absolute atomic E-state index is 12.8. The molecule has 0 saturated carbocycles. The van der Waals surface area contributed by atoms with Crippen LogP contribution in [0.2, 0.25) is 0 Å². The lowest BCUT2D eigenvalue weighted by Gasteiger charge is -2.33. The molecule has 2 aromatic heterocycles. The van der Waals surface area contributed by atoms with Gasteiger partial charge in [-0.15, -0.1) is 0 Å². The summed E-state index contributed by atoms with van der Waals surface area (Å²) >= 11 is 0. The molecule has 7 heteroatoms. The van der Waals surface area contributed by atoms with Gasteiger partial charge in [0.15, 0.2) is 0 Å². The summed E-state index contributed by atoms with van der Waals surface area (Å²) < 4.78 is 0. The van der Waals surface area contributed by atoms with Gasteiger partial charge in [-0.2, -0.15) is 5.26 Å². The van der Waals surface area contributed by atoms with Gasteiger partial charge in [-0.25, -0.2) is 0 Å². The van der Waals surface area contributed by atoms with Crippen molar-refractivity contribution in [3.05, 3.63) is 84.4 Å². The first-order valence-electron chi connectivity index (χ1n) is 11.7. The van der Waals surface area contributed by atoms with E-state index in [4.69, 9.17) is 7.85 Å². The lowest BCUT2D eigenvalue weighted by atomic mass is 9.96. The van der Waals surface area contributed by atoms with E-state index in [0.717, 1.165) is 46.0 Å². The summed E-state index contributed by atoms with van der Waals surface area (Å²) in [4.78, 5) is 23.1. The summed E-state index contributed by atoms with van der Waals surface area (Å²) in [6.45, 7) is 1.40. The molecule has 0 atom stereocenters. The van der Waals surface area contributed by atoms with Gasteiger partial charge >= 0.3 is 0 Å². The Bertz CT molecular complexity index is 1420. The van der Waals surface area contributed by atoms with Crippen molar-refractivity contribution in [2.24, 2.45) is 0 Å². The monoisotopic (exact) mass is 457 g/mol. The molecular formula is C28H24BN5O. The Morgan fingerprint density at radius 2 is 1.91 bits per heavy atom. The number of fused-ring (bicyclic) bond motifs is 1. The Labute approximate surface area is 206 Å². The molecule has 1 aliphatic heterocycles. The van der Waals surface area contributed by atoms with Gasteiger partial charge in [-0.1, -0.05) is 23.7 Å². The highest BCUT2D eigenvalue weighted by molar-refractivity contribution is 6.32. The van der Waals surface area contributed by atoms with E-state index in [0.29, 0.717) is 30.5 Å². The first-order chi connectivity index (χ1) is 17.1. The van der Waals surface area contributed by atoms with Crippen LogP contribution in [0.25, 0.3) is 21.9 Å². The summed E-state index contributed by atoms with van der Waals surface area (Å²) in [5.74, 6) is 0.102. The summed E-state index contributed by atoms with van der Waals surface area (Å²) in [5, 5.41) is 15.2. The van der Waals surface area contributed by atoms with Crippen LogP contribution in [0, 0.1) is 11.3 Å². The molecule has 1 fully saturated rings. The smallest absolute Gasteiger partial charge is 0.227 e. The van der Waals surface area contributed by atoms with Crippen LogP contribution in [0.15, 0.2) is 73.3 Å². The van der Waals surface area contributed by atoms with Crippen LogP contribution in [0.1, 0.15) is 24.0 Å². The van der Waals surface area contributed by atoms with E-state index >= 15 is 0 Å². The topological polar surface area (TPSA) is 81.9 Å². The minimum absolute atomic E-state index is 0.102. The van der Waals surface area contributed by atoms with Crippen LogP contribution in [-0.4, -0.2) is 47.8 Å². The van der Waals surface area contributed by atoms with Crippen molar-refractivity contribution in [1.82, 2.24) is 14.9 Å². The number of piperidine rings is 1. The molecule has 1 aliphatic rings. The molecule has 0 bridgehead atoms. The lowest BCUT2D eigenvalue weighted by Crippen LogP contribution is -2.43. The van der Waals surface area contributed by atoms with Crippen LogP contribution >= 0.6 is 0 Å². The van der Waals surface area contributed by atoms with Crippen LogP contribution in [0.4, 0.5) is 5.69 Å². The highest BCUT2D eigenvalue weighted by atomic mass is 16.2. The molecule has 0 unspecified atom stereocenters. The predicted octanol–water partition coefficient (Wildman–Crippen LogP) is 3.61. The van der Waals surface area contributed by atoms with E-state index in [1.165, 1.54) is 0 Å². The fourth-order valence-corrected chi connectivity index (χ4v) is 4.64. The Morgan fingerprint density at radius 3 is 2.71 bits per heavy atom. The minimum Gasteiger partial charge on any atom is -0.382 e. The number of nitrogens with one attached hydrogen (secondary N) is 1. The standard InChI is InChI=1S/C28H24BN5O/c29-24-11-20(16-32-17-24)12-28(35)34-8-5-25(6-9-34)33-27-14-23(13-22-4-7-31-18-26(22)27)21-3-1-2-19(10-21)15-30/h1-4,7,10-11,13-14,16-18,25,33H,5-6,8-9,12H2. The van der Waals surface area contributed by atoms with E-state index in [9.17, 15) is 10.1 Å². The van der Waals surface area contributed by atoms with Crippen LogP contribution in [0.3, 0.4) is 0 Å². The second-order valence-corrected chi connectivity index (χ2v) is 8.92. The number of carbonyl (C=O) groups is 1. The number of amides is 1. The molecule has 2 radical (unpaired) electrons.